The van der Waals surface area contributed by atoms with Gasteiger partial charge in [-0.25, -0.2) is 0 Å². The zero-order valence-electron chi connectivity index (χ0n) is 21.4. The molecule has 2 amide bonds. The van der Waals surface area contributed by atoms with Gasteiger partial charge in [0.2, 0.25) is 11.8 Å². The number of nitrogens with zero attached hydrogens (tertiary/aromatic N) is 1. The van der Waals surface area contributed by atoms with Crippen LogP contribution < -0.4 is 5.32 Å². The van der Waals surface area contributed by atoms with E-state index >= 15 is 0 Å². The van der Waals surface area contributed by atoms with Gasteiger partial charge in [-0.1, -0.05) is 74.0 Å². The van der Waals surface area contributed by atoms with Crippen molar-refractivity contribution < 1.29 is 14.7 Å². The van der Waals surface area contributed by atoms with Crippen LogP contribution in [-0.2, 0) is 22.7 Å². The Hall–Kier alpha value is -2.36. The Kier molecular flexibility index (Phi) is 8.98. The molecule has 0 aromatic heterocycles. The van der Waals surface area contributed by atoms with Crippen molar-refractivity contribution in [3.8, 4) is 0 Å². The fraction of sp³-hybridized carbons (Fsp3) is 0.333. The van der Waals surface area contributed by atoms with Gasteiger partial charge in [-0.3, -0.25) is 9.59 Å². The molecule has 3 aromatic carbocycles. The fourth-order valence-electron chi connectivity index (χ4n) is 4.69. The summed E-state index contributed by atoms with van der Waals surface area (Å²) in [6, 6.07) is 23.3. The number of aryl methyl sites for hydroxylation is 1. The molecule has 0 saturated carbocycles. The molecular weight excluding hydrogens is 595 g/mol. The minimum Gasteiger partial charge on any atom is -0.392 e. The molecule has 194 valence electrons. The van der Waals surface area contributed by atoms with Crippen molar-refractivity contribution in [1.29, 1.82) is 0 Å². The number of nitrogens with one attached hydrogen (secondary N) is 1. The predicted octanol–water partition coefficient (Wildman–Crippen LogP) is 5.87. The molecule has 7 heteroatoms. The summed E-state index contributed by atoms with van der Waals surface area (Å²) in [7, 11) is 0. The summed E-state index contributed by atoms with van der Waals surface area (Å²) in [6.07, 6.45) is 0.102. The lowest BCUT2D eigenvalue weighted by Gasteiger charge is -2.37. The largest absolute Gasteiger partial charge is 0.392 e. The van der Waals surface area contributed by atoms with Gasteiger partial charge in [0.15, 0.2) is 0 Å². The van der Waals surface area contributed by atoms with Crippen molar-refractivity contribution >= 4 is 46.2 Å². The van der Waals surface area contributed by atoms with Gasteiger partial charge in [0.05, 0.1) is 19.1 Å². The SMILES string of the molecule is Cc1ccc(S[C@]2(C(=O)NCC(C)C)CC(=O)N(Cc3ccccc3)[C@@H]2c2ccc(CO)cc2I)cc1. The van der Waals surface area contributed by atoms with Gasteiger partial charge in [-0.15, -0.1) is 11.8 Å². The second-order valence-corrected chi connectivity index (χ2v) is 12.6. The third-order valence-electron chi connectivity index (χ3n) is 6.60. The molecule has 5 nitrogen and oxygen atoms in total. The first-order valence-corrected chi connectivity index (χ1v) is 14.4. The predicted molar refractivity (Wildman–Crippen MR) is 157 cm³/mol. The molecule has 1 aliphatic rings. The Morgan fingerprint density at radius 2 is 1.81 bits per heavy atom. The number of aliphatic hydroxyl groups excluding tert-OH is 1. The number of hydrogen-bond acceptors (Lipinski definition) is 4. The third kappa shape index (κ3) is 6.21. The van der Waals surface area contributed by atoms with Crippen LogP contribution in [0.3, 0.4) is 0 Å². The molecule has 2 atom stereocenters. The van der Waals surface area contributed by atoms with Crippen LogP contribution >= 0.6 is 34.4 Å². The van der Waals surface area contributed by atoms with Crippen molar-refractivity contribution in [3.63, 3.8) is 0 Å². The Balaban J connectivity index is 1.87. The number of thioether (sulfide) groups is 1. The van der Waals surface area contributed by atoms with Crippen molar-refractivity contribution in [2.45, 2.75) is 56.0 Å². The summed E-state index contributed by atoms with van der Waals surface area (Å²) in [5.41, 5.74) is 3.87. The lowest BCUT2D eigenvalue weighted by Crippen LogP contribution is -2.49. The zero-order chi connectivity index (χ0) is 26.6. The lowest BCUT2D eigenvalue weighted by molar-refractivity contribution is -0.129. The Bertz CT molecular complexity index is 1250. The van der Waals surface area contributed by atoms with Crippen LogP contribution in [-0.4, -0.2) is 33.1 Å². The highest BCUT2D eigenvalue weighted by Gasteiger charge is 2.58. The van der Waals surface area contributed by atoms with Gasteiger partial charge in [0, 0.05) is 21.6 Å². The van der Waals surface area contributed by atoms with E-state index in [2.05, 4.69) is 41.8 Å². The van der Waals surface area contributed by atoms with E-state index in [9.17, 15) is 14.7 Å². The number of rotatable bonds is 9. The number of amides is 2. The first-order chi connectivity index (χ1) is 17.7. The van der Waals surface area contributed by atoms with Crippen molar-refractivity contribution in [1.82, 2.24) is 10.2 Å². The summed E-state index contributed by atoms with van der Waals surface area (Å²) in [4.78, 5) is 30.8. The minimum atomic E-state index is -1.06. The van der Waals surface area contributed by atoms with Crippen LogP contribution in [0.15, 0.2) is 77.7 Å². The topological polar surface area (TPSA) is 69.6 Å². The Morgan fingerprint density at radius 3 is 2.43 bits per heavy atom. The number of hydrogen-bond donors (Lipinski definition) is 2. The highest BCUT2D eigenvalue weighted by atomic mass is 127. The zero-order valence-corrected chi connectivity index (χ0v) is 24.4. The number of halogens is 1. The number of carbonyl (C=O) groups is 2. The van der Waals surface area contributed by atoms with E-state index in [0.717, 1.165) is 30.7 Å². The smallest absolute Gasteiger partial charge is 0.239 e. The first kappa shape index (κ1) is 27.7. The number of benzene rings is 3. The molecule has 1 aliphatic heterocycles. The molecule has 37 heavy (non-hydrogen) atoms. The summed E-state index contributed by atoms with van der Waals surface area (Å²) in [5, 5.41) is 12.9. The number of likely N-dealkylation sites (tertiary alicyclic amines) is 1. The van der Waals surface area contributed by atoms with Crippen molar-refractivity contribution in [3.05, 3.63) is 98.6 Å². The maximum Gasteiger partial charge on any atom is 0.239 e. The molecule has 0 radical (unpaired) electrons. The first-order valence-electron chi connectivity index (χ1n) is 12.5. The maximum absolute atomic E-state index is 14.2. The average Bonchev–Trinajstić information content (AvgIpc) is 3.15. The average molecular weight is 629 g/mol. The van der Waals surface area contributed by atoms with E-state index in [1.165, 1.54) is 11.8 Å². The van der Waals surface area contributed by atoms with Crippen LogP contribution in [0, 0.1) is 16.4 Å². The van der Waals surface area contributed by atoms with Gasteiger partial charge >= 0.3 is 0 Å². The van der Waals surface area contributed by atoms with E-state index in [1.54, 1.807) is 0 Å². The third-order valence-corrected chi connectivity index (χ3v) is 8.96. The van der Waals surface area contributed by atoms with Crippen LogP contribution in [0.1, 0.15) is 48.6 Å². The summed E-state index contributed by atoms with van der Waals surface area (Å²) >= 11 is 3.74. The van der Waals surface area contributed by atoms with E-state index < -0.39 is 10.8 Å². The van der Waals surface area contributed by atoms with Crippen LogP contribution in [0.4, 0.5) is 0 Å². The molecule has 4 rings (SSSR count). The normalized spacial score (nSPS) is 19.5. The summed E-state index contributed by atoms with van der Waals surface area (Å²) < 4.78 is -0.135. The molecule has 0 spiro atoms. The summed E-state index contributed by atoms with van der Waals surface area (Å²) in [5.74, 6) is 0.114. The molecule has 1 heterocycles. The molecule has 0 bridgehead atoms. The molecule has 0 aliphatic carbocycles. The molecule has 0 unspecified atom stereocenters. The quantitative estimate of drug-likeness (QED) is 0.291. The van der Waals surface area contributed by atoms with E-state index in [1.807, 2.05) is 84.6 Å². The number of carbonyl (C=O) groups excluding carboxylic acids is 2. The van der Waals surface area contributed by atoms with E-state index in [4.69, 9.17) is 0 Å². The van der Waals surface area contributed by atoms with Gasteiger partial charge in [0.1, 0.15) is 4.75 Å². The summed E-state index contributed by atoms with van der Waals surface area (Å²) in [6.45, 7) is 7.05. The minimum absolute atomic E-state index is 0.0461. The van der Waals surface area contributed by atoms with Crippen LogP contribution in [0.5, 0.6) is 0 Å². The van der Waals surface area contributed by atoms with Crippen LogP contribution in [0.2, 0.25) is 0 Å². The highest BCUT2D eigenvalue weighted by Crippen LogP contribution is 2.54. The molecule has 1 fully saturated rings. The number of aliphatic hydroxyl groups is 1. The second kappa shape index (κ2) is 12.0. The van der Waals surface area contributed by atoms with Crippen molar-refractivity contribution in [2.75, 3.05) is 6.54 Å². The van der Waals surface area contributed by atoms with Gasteiger partial charge in [0.25, 0.3) is 0 Å². The van der Waals surface area contributed by atoms with Gasteiger partial charge in [-0.05, 0) is 70.3 Å². The van der Waals surface area contributed by atoms with E-state index in [-0.39, 0.29) is 30.8 Å². The standard InChI is InChI=1S/C30H33IN2O3S/c1-20(2)17-32-29(36)30(37-24-12-9-21(3)10-13-24)16-27(35)33(18-22-7-5-4-6-8-22)28(30)25-14-11-23(19-34)15-26(25)31/h4-15,20,28,34H,16-19H2,1-3H3,(H,32,36)/t28-,30-/m1/s1. The molecular formula is C30H33IN2O3S. The van der Waals surface area contributed by atoms with Crippen molar-refractivity contribution in [2.24, 2.45) is 5.92 Å². The Labute approximate surface area is 237 Å². The maximum atomic E-state index is 14.2. The van der Waals surface area contributed by atoms with Gasteiger partial charge in [-0.2, -0.15) is 0 Å². The second-order valence-electron chi connectivity index (χ2n) is 10.0. The van der Waals surface area contributed by atoms with E-state index in [0.29, 0.717) is 13.1 Å². The fourth-order valence-corrected chi connectivity index (χ4v) is 6.99. The lowest BCUT2D eigenvalue weighted by atomic mass is 9.90. The molecule has 1 saturated heterocycles. The molecule has 2 N–H and O–H groups in total. The monoisotopic (exact) mass is 628 g/mol. The Morgan fingerprint density at radius 1 is 1.11 bits per heavy atom. The molecule has 3 aromatic rings. The highest BCUT2D eigenvalue weighted by molar-refractivity contribution is 14.1. The van der Waals surface area contributed by atoms with Crippen LogP contribution in [0.25, 0.3) is 0 Å². The van der Waals surface area contributed by atoms with Gasteiger partial charge < -0.3 is 15.3 Å².